The molecule has 88 valence electrons. The van der Waals surface area contributed by atoms with Crippen molar-refractivity contribution < 1.29 is 8.42 Å². The first-order valence-corrected chi connectivity index (χ1v) is 7.11. The molecule has 0 bridgehead atoms. The first kappa shape index (κ1) is 11.7. The normalized spacial score (nSPS) is 16.1. The summed E-state index contributed by atoms with van der Waals surface area (Å²) in [5.74, 6) is 0.218. The lowest BCUT2D eigenvalue weighted by molar-refractivity contribution is 0.593. The van der Waals surface area contributed by atoms with Crippen molar-refractivity contribution in [3.63, 3.8) is 0 Å². The van der Waals surface area contributed by atoms with Gasteiger partial charge < -0.3 is 5.73 Å². The van der Waals surface area contributed by atoms with Crippen LogP contribution in [0.15, 0.2) is 16.7 Å². The molecule has 1 saturated carbocycles. The number of halogens is 1. The number of nitrogen functional groups attached to an aromatic ring is 1. The number of nitrogens with zero attached hydrogens (tertiary/aromatic N) is 2. The molecule has 0 unspecified atom stereocenters. The van der Waals surface area contributed by atoms with Gasteiger partial charge in [0.15, 0.2) is 0 Å². The molecule has 5 nitrogen and oxygen atoms in total. The molecule has 1 aromatic rings. The van der Waals surface area contributed by atoms with Gasteiger partial charge in [-0.1, -0.05) is 0 Å². The lowest BCUT2D eigenvalue weighted by Gasteiger charge is -2.20. The molecule has 0 atom stereocenters. The zero-order valence-electron chi connectivity index (χ0n) is 8.72. The van der Waals surface area contributed by atoms with Gasteiger partial charge in [-0.25, -0.2) is 13.4 Å². The highest BCUT2D eigenvalue weighted by molar-refractivity contribution is 9.10. The summed E-state index contributed by atoms with van der Waals surface area (Å²) >= 11 is 3.24. The van der Waals surface area contributed by atoms with Gasteiger partial charge >= 0.3 is 0 Å². The average molecular weight is 306 g/mol. The molecule has 0 amide bonds. The number of hydrogen-bond donors (Lipinski definition) is 1. The summed E-state index contributed by atoms with van der Waals surface area (Å²) in [4.78, 5) is 3.92. The monoisotopic (exact) mass is 305 g/mol. The Morgan fingerprint density at radius 1 is 1.56 bits per heavy atom. The molecule has 1 heterocycles. The van der Waals surface area contributed by atoms with E-state index in [1.165, 1.54) is 17.5 Å². The Morgan fingerprint density at radius 3 is 2.75 bits per heavy atom. The highest BCUT2D eigenvalue weighted by Crippen LogP contribution is 2.34. The number of anilines is 2. The van der Waals surface area contributed by atoms with Crippen LogP contribution >= 0.6 is 15.9 Å². The smallest absolute Gasteiger partial charge is 0.237 e. The predicted octanol–water partition coefficient (Wildman–Crippen LogP) is 1.35. The third kappa shape index (κ3) is 2.01. The third-order valence-corrected chi connectivity index (χ3v) is 5.24. The van der Waals surface area contributed by atoms with Crippen molar-refractivity contribution in [2.45, 2.75) is 18.1 Å². The van der Waals surface area contributed by atoms with Crippen LogP contribution in [0, 0.1) is 0 Å². The van der Waals surface area contributed by atoms with Gasteiger partial charge in [0.25, 0.3) is 0 Å². The Kier molecular flexibility index (Phi) is 2.83. The fraction of sp³-hybridized carbons (Fsp3) is 0.444. The van der Waals surface area contributed by atoms with E-state index >= 15 is 0 Å². The molecule has 0 radical (unpaired) electrons. The summed E-state index contributed by atoms with van der Waals surface area (Å²) in [6, 6.07) is 1.66. The van der Waals surface area contributed by atoms with E-state index < -0.39 is 10.0 Å². The van der Waals surface area contributed by atoms with Gasteiger partial charge in [-0.15, -0.1) is 0 Å². The van der Waals surface area contributed by atoms with Crippen molar-refractivity contribution in [2.75, 3.05) is 17.1 Å². The van der Waals surface area contributed by atoms with Gasteiger partial charge in [-0.05, 0) is 34.8 Å². The Balaban J connectivity index is 2.40. The van der Waals surface area contributed by atoms with Crippen LogP contribution in [-0.4, -0.2) is 25.7 Å². The van der Waals surface area contributed by atoms with Crippen molar-refractivity contribution in [1.29, 1.82) is 0 Å². The maximum Gasteiger partial charge on any atom is 0.237 e. The summed E-state index contributed by atoms with van der Waals surface area (Å²) in [6.45, 7) is 0. The zero-order chi connectivity index (χ0) is 11.9. The SMILES string of the molecule is CN(c1cc(Br)cnc1N)S(=O)(=O)C1CC1. The van der Waals surface area contributed by atoms with Gasteiger partial charge in [0.05, 0.1) is 10.9 Å². The fourth-order valence-corrected chi connectivity index (χ4v) is 3.34. The first-order chi connectivity index (χ1) is 7.43. The minimum atomic E-state index is -3.27. The molecule has 2 rings (SSSR count). The molecule has 0 aliphatic heterocycles. The molecular formula is C9H12BrN3O2S. The van der Waals surface area contributed by atoms with Crippen molar-refractivity contribution in [3.05, 3.63) is 16.7 Å². The standard InChI is InChI=1S/C9H12BrN3O2S/c1-13(16(14,15)7-2-3-7)8-4-6(10)5-12-9(8)11/h4-5,7H,2-3H2,1H3,(H2,11,12). The third-order valence-electron chi connectivity index (χ3n) is 2.53. The Morgan fingerprint density at radius 2 is 2.19 bits per heavy atom. The predicted molar refractivity (Wildman–Crippen MR) is 66.7 cm³/mol. The van der Waals surface area contributed by atoms with E-state index in [1.54, 1.807) is 6.07 Å². The number of nitrogens with two attached hydrogens (primary N) is 1. The molecule has 7 heteroatoms. The zero-order valence-corrected chi connectivity index (χ0v) is 11.1. The molecule has 0 spiro atoms. The summed E-state index contributed by atoms with van der Waals surface area (Å²) < 4.78 is 25.9. The van der Waals surface area contributed by atoms with Crippen LogP contribution in [-0.2, 0) is 10.0 Å². The van der Waals surface area contributed by atoms with Gasteiger partial charge in [-0.3, -0.25) is 4.31 Å². The van der Waals surface area contributed by atoms with Crippen molar-refractivity contribution >= 4 is 37.5 Å². The Labute approximate surface area is 103 Å². The van der Waals surface area contributed by atoms with Gasteiger partial charge in [0.1, 0.15) is 5.82 Å². The highest BCUT2D eigenvalue weighted by atomic mass is 79.9. The summed E-state index contributed by atoms with van der Waals surface area (Å²) in [6.07, 6.45) is 3.00. The van der Waals surface area contributed by atoms with Crippen LogP contribution in [0.2, 0.25) is 0 Å². The molecule has 1 aliphatic rings. The van der Waals surface area contributed by atoms with Gasteiger partial charge in [0, 0.05) is 17.7 Å². The molecule has 0 saturated heterocycles. The summed E-state index contributed by atoms with van der Waals surface area (Å²) in [5, 5.41) is -0.254. The van der Waals surface area contributed by atoms with Gasteiger partial charge in [0.2, 0.25) is 10.0 Å². The molecular weight excluding hydrogens is 294 g/mol. The molecule has 1 fully saturated rings. The lowest BCUT2D eigenvalue weighted by atomic mass is 10.4. The maximum absolute atomic E-state index is 12.0. The quantitative estimate of drug-likeness (QED) is 0.914. The molecule has 2 N–H and O–H groups in total. The second-order valence-corrected chi connectivity index (χ2v) is 6.93. The second-order valence-electron chi connectivity index (χ2n) is 3.77. The number of aromatic nitrogens is 1. The fourth-order valence-electron chi connectivity index (χ4n) is 1.42. The second kappa shape index (κ2) is 3.89. The van der Waals surface area contributed by atoms with E-state index in [1.807, 2.05) is 0 Å². The van der Waals surface area contributed by atoms with Crippen LogP contribution in [0.5, 0.6) is 0 Å². The Bertz CT molecular complexity index is 513. The van der Waals surface area contributed by atoms with Crippen LogP contribution in [0.1, 0.15) is 12.8 Å². The lowest BCUT2D eigenvalue weighted by Crippen LogP contribution is -2.30. The van der Waals surface area contributed by atoms with Crippen molar-refractivity contribution in [3.8, 4) is 0 Å². The molecule has 1 aromatic heterocycles. The van der Waals surface area contributed by atoms with Crippen LogP contribution in [0.25, 0.3) is 0 Å². The minimum Gasteiger partial charge on any atom is -0.382 e. The van der Waals surface area contributed by atoms with Crippen molar-refractivity contribution in [2.24, 2.45) is 0 Å². The van der Waals surface area contributed by atoms with E-state index in [2.05, 4.69) is 20.9 Å². The van der Waals surface area contributed by atoms with E-state index in [0.29, 0.717) is 10.2 Å². The van der Waals surface area contributed by atoms with Crippen molar-refractivity contribution in [1.82, 2.24) is 4.98 Å². The van der Waals surface area contributed by atoms with Gasteiger partial charge in [-0.2, -0.15) is 0 Å². The van der Waals surface area contributed by atoms with Crippen LogP contribution in [0.3, 0.4) is 0 Å². The number of hydrogen-bond acceptors (Lipinski definition) is 4. The van der Waals surface area contributed by atoms with E-state index in [4.69, 9.17) is 5.73 Å². The number of pyridine rings is 1. The summed E-state index contributed by atoms with van der Waals surface area (Å²) in [5.41, 5.74) is 6.09. The number of rotatable bonds is 3. The maximum atomic E-state index is 12.0. The van der Waals surface area contributed by atoms with E-state index in [0.717, 1.165) is 12.8 Å². The van der Waals surface area contributed by atoms with E-state index in [-0.39, 0.29) is 11.1 Å². The first-order valence-electron chi connectivity index (χ1n) is 4.81. The van der Waals surface area contributed by atoms with Crippen LogP contribution in [0.4, 0.5) is 11.5 Å². The van der Waals surface area contributed by atoms with E-state index in [9.17, 15) is 8.42 Å². The summed E-state index contributed by atoms with van der Waals surface area (Å²) in [7, 11) is -1.76. The molecule has 16 heavy (non-hydrogen) atoms. The molecule has 0 aromatic carbocycles. The minimum absolute atomic E-state index is 0.218. The topological polar surface area (TPSA) is 76.3 Å². The average Bonchev–Trinajstić information content (AvgIpc) is 3.04. The Hall–Kier alpha value is -0.820. The largest absolute Gasteiger partial charge is 0.382 e. The highest BCUT2D eigenvalue weighted by Gasteiger charge is 2.39. The molecule has 1 aliphatic carbocycles. The number of sulfonamides is 1. The van der Waals surface area contributed by atoms with Crippen LogP contribution < -0.4 is 10.0 Å².